The molecule has 0 bridgehead atoms. The largest absolute Gasteiger partial charge is 0.495 e. The topological polar surface area (TPSA) is 58.6 Å². The lowest BCUT2D eigenvalue weighted by molar-refractivity contribution is -0.137. The number of nitrogens with one attached hydrogen (secondary N) is 1. The van der Waals surface area contributed by atoms with Gasteiger partial charge in [-0.2, -0.15) is 13.2 Å². The summed E-state index contributed by atoms with van der Waals surface area (Å²) >= 11 is 2.73. The number of rotatable bonds is 6. The molecule has 0 aliphatic rings. The molecule has 2 N–H and O–H groups in total. The summed E-state index contributed by atoms with van der Waals surface area (Å²) in [6, 6.07) is 13.2. The monoisotopic (exact) mass is 425 g/mol. The molecule has 28 heavy (non-hydrogen) atoms. The van der Waals surface area contributed by atoms with Crippen molar-refractivity contribution in [3.05, 3.63) is 65.7 Å². The highest BCUT2D eigenvalue weighted by Crippen LogP contribution is 2.37. The van der Waals surface area contributed by atoms with E-state index in [1.165, 1.54) is 54.7 Å². The van der Waals surface area contributed by atoms with E-state index < -0.39 is 17.7 Å². The second-order valence-electron chi connectivity index (χ2n) is 5.62. The van der Waals surface area contributed by atoms with E-state index in [0.29, 0.717) is 17.0 Å². The van der Waals surface area contributed by atoms with Gasteiger partial charge >= 0.3 is 12.1 Å². The summed E-state index contributed by atoms with van der Waals surface area (Å²) in [5.41, 5.74) is 0.754. The third-order valence-electron chi connectivity index (χ3n) is 3.79. The number of carbonyl (C=O) groups is 1. The van der Waals surface area contributed by atoms with E-state index in [9.17, 15) is 18.0 Å². The van der Waals surface area contributed by atoms with Gasteiger partial charge in [-0.05, 0) is 60.0 Å². The highest BCUT2D eigenvalue weighted by atomic mass is 32.2. The molecule has 0 unspecified atom stereocenters. The van der Waals surface area contributed by atoms with Crippen LogP contribution in [0.25, 0.3) is 10.4 Å². The number of hydrogen-bond donors (Lipinski definition) is 2. The van der Waals surface area contributed by atoms with Crippen molar-refractivity contribution in [2.75, 3.05) is 11.8 Å². The molecular weight excluding hydrogens is 411 g/mol. The van der Waals surface area contributed by atoms with E-state index in [1.54, 1.807) is 6.07 Å². The number of aromatic carboxylic acids is 1. The van der Waals surface area contributed by atoms with Gasteiger partial charge in [-0.15, -0.1) is 11.3 Å². The predicted molar refractivity (Wildman–Crippen MR) is 104 cm³/mol. The molecule has 0 saturated heterocycles. The van der Waals surface area contributed by atoms with Crippen molar-refractivity contribution in [1.29, 1.82) is 0 Å². The second-order valence-corrected chi connectivity index (χ2v) is 7.81. The summed E-state index contributed by atoms with van der Waals surface area (Å²) in [6.45, 7) is 0. The number of anilines is 1. The Hall–Kier alpha value is -2.65. The molecule has 0 radical (unpaired) electrons. The molecule has 2 aromatic carbocycles. The lowest BCUT2D eigenvalue weighted by Crippen LogP contribution is -2.03. The van der Waals surface area contributed by atoms with Gasteiger partial charge in [0.1, 0.15) is 5.75 Å². The fourth-order valence-electron chi connectivity index (χ4n) is 2.37. The van der Waals surface area contributed by atoms with Crippen molar-refractivity contribution < 1.29 is 27.8 Å². The van der Waals surface area contributed by atoms with Gasteiger partial charge in [-0.25, -0.2) is 4.79 Å². The number of carboxylic acid groups (broad SMARTS) is 1. The number of carboxylic acids is 1. The van der Waals surface area contributed by atoms with Gasteiger partial charge in [-0.3, -0.25) is 0 Å². The lowest BCUT2D eigenvalue weighted by Gasteiger charge is -2.10. The molecule has 3 aromatic rings. The van der Waals surface area contributed by atoms with Gasteiger partial charge in [0.05, 0.1) is 28.1 Å². The Morgan fingerprint density at radius 1 is 1.11 bits per heavy atom. The molecule has 0 atom stereocenters. The maximum absolute atomic E-state index is 12.7. The molecule has 9 heteroatoms. The number of hydrogen-bond acceptors (Lipinski definition) is 5. The van der Waals surface area contributed by atoms with Crippen LogP contribution in [0.3, 0.4) is 0 Å². The lowest BCUT2D eigenvalue weighted by atomic mass is 10.1. The van der Waals surface area contributed by atoms with Crippen LogP contribution in [0.4, 0.5) is 18.9 Å². The first-order chi connectivity index (χ1) is 13.3. The van der Waals surface area contributed by atoms with Crippen molar-refractivity contribution in [3.8, 4) is 16.2 Å². The molecule has 3 rings (SSSR count). The first kappa shape index (κ1) is 20.1. The zero-order chi connectivity index (χ0) is 20.3. The van der Waals surface area contributed by atoms with Gasteiger partial charge in [0.25, 0.3) is 0 Å². The van der Waals surface area contributed by atoms with E-state index in [4.69, 9.17) is 9.84 Å². The van der Waals surface area contributed by atoms with Crippen LogP contribution in [0.5, 0.6) is 5.75 Å². The molecule has 0 fully saturated rings. The van der Waals surface area contributed by atoms with Gasteiger partial charge in [0.2, 0.25) is 0 Å². The van der Waals surface area contributed by atoms with Crippen LogP contribution in [0.1, 0.15) is 15.9 Å². The Labute approximate surface area is 167 Å². The first-order valence-electron chi connectivity index (χ1n) is 7.89. The Bertz CT molecular complexity index is 985. The van der Waals surface area contributed by atoms with Gasteiger partial charge in [0, 0.05) is 4.88 Å². The third-order valence-corrected chi connectivity index (χ3v) is 5.88. The fourth-order valence-corrected chi connectivity index (χ4v) is 4.19. The fraction of sp³-hybridized carbons (Fsp3) is 0.105. The Balaban J connectivity index is 1.71. The molecule has 0 aliphatic heterocycles. The molecule has 0 saturated carbocycles. The van der Waals surface area contributed by atoms with E-state index >= 15 is 0 Å². The SMILES string of the molecule is COc1cc(C(=O)O)ccc1NSc1ccc(-c2ccc(C(F)(F)F)cc2)s1. The Morgan fingerprint density at radius 3 is 2.43 bits per heavy atom. The zero-order valence-electron chi connectivity index (χ0n) is 14.4. The number of thiophene rings is 1. The molecule has 0 amide bonds. The van der Waals surface area contributed by atoms with Crippen LogP contribution in [0.2, 0.25) is 0 Å². The normalized spacial score (nSPS) is 11.3. The maximum atomic E-state index is 12.7. The molecule has 1 aromatic heterocycles. The smallest absolute Gasteiger partial charge is 0.416 e. The Morgan fingerprint density at radius 2 is 1.82 bits per heavy atom. The summed E-state index contributed by atoms with van der Waals surface area (Å²) in [6.07, 6.45) is -4.35. The highest BCUT2D eigenvalue weighted by molar-refractivity contribution is 8.02. The first-order valence-corrected chi connectivity index (χ1v) is 9.53. The van der Waals surface area contributed by atoms with Crippen molar-refractivity contribution in [2.24, 2.45) is 0 Å². The number of methoxy groups -OCH3 is 1. The van der Waals surface area contributed by atoms with Gasteiger partial charge in [-0.1, -0.05) is 12.1 Å². The van der Waals surface area contributed by atoms with Crippen LogP contribution in [0, 0.1) is 0 Å². The molecule has 1 heterocycles. The number of ether oxygens (including phenoxy) is 1. The minimum absolute atomic E-state index is 0.119. The number of alkyl halides is 3. The van der Waals surface area contributed by atoms with E-state index in [2.05, 4.69) is 4.72 Å². The molecule has 0 aliphatic carbocycles. The minimum atomic E-state index is -4.35. The average molecular weight is 425 g/mol. The van der Waals surface area contributed by atoms with Crippen molar-refractivity contribution in [3.63, 3.8) is 0 Å². The molecular formula is C19H14F3NO3S2. The van der Waals surface area contributed by atoms with Crippen LogP contribution in [0.15, 0.2) is 58.8 Å². The van der Waals surface area contributed by atoms with Crippen molar-refractivity contribution in [1.82, 2.24) is 0 Å². The van der Waals surface area contributed by atoms with Crippen LogP contribution < -0.4 is 9.46 Å². The summed E-state index contributed by atoms with van der Waals surface area (Å²) in [7, 11) is 1.45. The number of benzene rings is 2. The molecule has 4 nitrogen and oxygen atoms in total. The standard InChI is InChI=1S/C19H14F3NO3S2/c1-26-15-10-12(18(24)25)4-7-14(15)23-28-17-9-8-16(27-17)11-2-5-13(6-3-11)19(20,21)22/h2-10,23H,1H3,(H,24,25). The second kappa shape index (κ2) is 8.15. The van der Waals surface area contributed by atoms with Crippen molar-refractivity contribution in [2.45, 2.75) is 10.4 Å². The van der Waals surface area contributed by atoms with Crippen molar-refractivity contribution >= 4 is 34.9 Å². The van der Waals surface area contributed by atoms with Crippen LogP contribution in [-0.4, -0.2) is 18.2 Å². The quantitative estimate of drug-likeness (QED) is 0.457. The van der Waals surface area contributed by atoms with Gasteiger partial charge < -0.3 is 14.6 Å². The summed E-state index contributed by atoms with van der Waals surface area (Å²) in [5, 5.41) is 9.03. The van der Waals surface area contributed by atoms with Gasteiger partial charge in [0.15, 0.2) is 0 Å². The summed E-state index contributed by atoms with van der Waals surface area (Å²) in [4.78, 5) is 11.9. The summed E-state index contributed by atoms with van der Waals surface area (Å²) < 4.78 is 47.2. The average Bonchev–Trinajstić information content (AvgIpc) is 3.14. The van der Waals surface area contributed by atoms with Crippen LogP contribution >= 0.6 is 23.3 Å². The predicted octanol–water partition coefficient (Wildman–Crippen LogP) is 6.26. The number of halogens is 3. The zero-order valence-corrected chi connectivity index (χ0v) is 16.0. The maximum Gasteiger partial charge on any atom is 0.416 e. The summed E-state index contributed by atoms with van der Waals surface area (Å²) in [5.74, 6) is -0.649. The highest BCUT2D eigenvalue weighted by Gasteiger charge is 2.30. The van der Waals surface area contributed by atoms with E-state index in [0.717, 1.165) is 21.2 Å². The molecule has 0 spiro atoms. The van der Waals surface area contributed by atoms with E-state index in [1.807, 2.05) is 12.1 Å². The Kier molecular flexibility index (Phi) is 5.85. The van der Waals surface area contributed by atoms with E-state index in [-0.39, 0.29) is 5.56 Å². The minimum Gasteiger partial charge on any atom is -0.495 e. The third kappa shape index (κ3) is 4.60. The van der Waals surface area contributed by atoms with Crippen LogP contribution in [-0.2, 0) is 6.18 Å². The molecule has 146 valence electrons.